The number of carbonyl (C=O) groups is 1. The van der Waals surface area contributed by atoms with Gasteiger partial charge in [-0.1, -0.05) is 0 Å². The van der Waals surface area contributed by atoms with Crippen molar-refractivity contribution in [2.24, 2.45) is 0 Å². The largest absolute Gasteiger partial charge is 0.391 e. The number of aromatic nitrogens is 6. The molecule has 10 nitrogen and oxygen atoms in total. The molecule has 0 aromatic carbocycles. The molecule has 4 rings (SSSR count). The highest BCUT2D eigenvalue weighted by atomic mass is 16.3. The van der Waals surface area contributed by atoms with Crippen LogP contribution in [-0.4, -0.2) is 66.4 Å². The number of nitrogens with zero attached hydrogens (tertiary/aromatic N) is 7. The summed E-state index contributed by atoms with van der Waals surface area (Å²) in [4.78, 5) is 22.8. The lowest BCUT2D eigenvalue weighted by atomic mass is 9.78. The first-order valence-corrected chi connectivity index (χ1v) is 8.92. The number of rotatable bonds is 6. The van der Waals surface area contributed by atoms with Gasteiger partial charge in [-0.15, -0.1) is 5.10 Å². The van der Waals surface area contributed by atoms with Gasteiger partial charge in [0.15, 0.2) is 0 Å². The van der Waals surface area contributed by atoms with Crippen LogP contribution in [0.5, 0.6) is 0 Å². The minimum atomic E-state index is -0.273. The topological polar surface area (TPSA) is 122 Å². The average Bonchev–Trinajstić information content (AvgIpc) is 3.27. The van der Waals surface area contributed by atoms with Crippen molar-refractivity contribution in [3.63, 3.8) is 0 Å². The normalized spacial score (nSPS) is 25.1. The molecule has 1 unspecified atom stereocenters. The van der Waals surface area contributed by atoms with Gasteiger partial charge in [-0.25, -0.2) is 14.6 Å². The quantitative estimate of drug-likeness (QED) is 0.708. The lowest BCUT2D eigenvalue weighted by Gasteiger charge is -2.35. The molecular weight excluding hydrogens is 336 g/mol. The summed E-state index contributed by atoms with van der Waals surface area (Å²) in [5, 5.41) is 23.6. The summed E-state index contributed by atoms with van der Waals surface area (Å²) in [6.45, 7) is 1.93. The standard InChI is InChI=1S/C16H22N8O2/c25-13-1-3-23(8-13)15-7-14(17-9-18-15)11-5-12(6-11)20-16(26)2-4-24-10-19-21-22-24/h7,9-13,25H,1-6,8H2,(H,20,26). The number of amides is 1. The molecule has 1 aliphatic carbocycles. The Morgan fingerprint density at radius 2 is 2.23 bits per heavy atom. The smallest absolute Gasteiger partial charge is 0.222 e. The first-order valence-electron chi connectivity index (χ1n) is 8.92. The molecule has 2 N–H and O–H groups in total. The van der Waals surface area contributed by atoms with Crippen LogP contribution in [0.2, 0.25) is 0 Å². The third kappa shape index (κ3) is 3.79. The van der Waals surface area contributed by atoms with Gasteiger partial charge < -0.3 is 15.3 Å². The summed E-state index contributed by atoms with van der Waals surface area (Å²) in [5.41, 5.74) is 1.01. The van der Waals surface area contributed by atoms with Crippen molar-refractivity contribution in [2.75, 3.05) is 18.0 Å². The van der Waals surface area contributed by atoms with Crippen LogP contribution in [0.1, 0.15) is 37.3 Å². The number of tetrazole rings is 1. The second-order valence-electron chi connectivity index (χ2n) is 6.95. The van der Waals surface area contributed by atoms with Gasteiger partial charge in [-0.05, 0) is 29.7 Å². The van der Waals surface area contributed by atoms with Crippen LogP contribution in [-0.2, 0) is 11.3 Å². The SMILES string of the molecule is O=C(CCn1cnnn1)NC1CC(c2cc(N3CCC(O)C3)ncn2)C1. The third-order valence-corrected chi connectivity index (χ3v) is 5.04. The molecule has 1 saturated carbocycles. The number of aryl methyl sites for hydroxylation is 1. The zero-order chi connectivity index (χ0) is 17.9. The minimum absolute atomic E-state index is 0.0124. The van der Waals surface area contributed by atoms with Gasteiger partial charge in [0.05, 0.1) is 12.6 Å². The average molecular weight is 358 g/mol. The van der Waals surface area contributed by atoms with Crippen LogP contribution in [0.3, 0.4) is 0 Å². The van der Waals surface area contributed by atoms with Crippen LogP contribution in [0.4, 0.5) is 5.82 Å². The number of hydrogen-bond acceptors (Lipinski definition) is 8. The minimum Gasteiger partial charge on any atom is -0.391 e. The van der Waals surface area contributed by atoms with Crippen molar-refractivity contribution in [1.29, 1.82) is 0 Å². The fraction of sp³-hybridized carbons (Fsp3) is 0.625. The van der Waals surface area contributed by atoms with Crippen LogP contribution >= 0.6 is 0 Å². The number of aliphatic hydroxyl groups is 1. The molecule has 0 spiro atoms. The Labute approximate surface area is 150 Å². The zero-order valence-electron chi connectivity index (χ0n) is 14.4. The van der Waals surface area contributed by atoms with Gasteiger partial charge in [0.25, 0.3) is 0 Å². The van der Waals surface area contributed by atoms with E-state index in [1.54, 1.807) is 11.0 Å². The van der Waals surface area contributed by atoms with E-state index in [9.17, 15) is 9.90 Å². The Morgan fingerprint density at radius 1 is 1.35 bits per heavy atom. The molecule has 1 amide bonds. The predicted octanol–water partition coefficient (Wildman–Crippen LogP) is -0.513. The van der Waals surface area contributed by atoms with E-state index in [-0.39, 0.29) is 18.1 Å². The molecule has 138 valence electrons. The summed E-state index contributed by atoms with van der Waals surface area (Å²) in [7, 11) is 0. The summed E-state index contributed by atoms with van der Waals surface area (Å²) < 4.78 is 1.54. The van der Waals surface area contributed by atoms with Crippen LogP contribution in [0.15, 0.2) is 18.7 Å². The molecule has 3 heterocycles. The number of aliphatic hydroxyl groups excluding tert-OH is 1. The second-order valence-corrected chi connectivity index (χ2v) is 6.95. The monoisotopic (exact) mass is 358 g/mol. The summed E-state index contributed by atoms with van der Waals surface area (Å²) in [6.07, 6.45) is 5.73. The van der Waals surface area contributed by atoms with E-state index in [1.165, 1.54) is 6.33 Å². The molecule has 26 heavy (non-hydrogen) atoms. The maximum Gasteiger partial charge on any atom is 0.222 e. The third-order valence-electron chi connectivity index (χ3n) is 5.04. The van der Waals surface area contributed by atoms with E-state index in [1.807, 2.05) is 6.07 Å². The molecule has 0 radical (unpaired) electrons. The van der Waals surface area contributed by atoms with E-state index in [4.69, 9.17) is 0 Å². The Hall–Kier alpha value is -2.62. The van der Waals surface area contributed by atoms with Crippen molar-refractivity contribution < 1.29 is 9.90 Å². The first-order chi connectivity index (χ1) is 12.7. The lowest BCUT2D eigenvalue weighted by molar-refractivity contribution is -0.122. The van der Waals surface area contributed by atoms with Gasteiger partial charge in [0.1, 0.15) is 18.5 Å². The van der Waals surface area contributed by atoms with Crippen molar-refractivity contribution in [2.45, 2.75) is 50.3 Å². The number of nitrogens with one attached hydrogen (secondary N) is 1. The molecule has 2 aromatic heterocycles. The molecule has 1 saturated heterocycles. The molecule has 1 aliphatic heterocycles. The second kappa shape index (κ2) is 7.32. The summed E-state index contributed by atoms with van der Waals surface area (Å²) in [6, 6.07) is 2.20. The van der Waals surface area contributed by atoms with Crippen molar-refractivity contribution in [1.82, 2.24) is 35.5 Å². The predicted molar refractivity (Wildman–Crippen MR) is 91.2 cm³/mol. The molecule has 2 fully saturated rings. The fourth-order valence-corrected chi connectivity index (χ4v) is 3.48. The van der Waals surface area contributed by atoms with Gasteiger partial charge >= 0.3 is 0 Å². The van der Waals surface area contributed by atoms with Crippen LogP contribution in [0.25, 0.3) is 0 Å². The summed E-state index contributed by atoms with van der Waals surface area (Å²) in [5.74, 6) is 1.23. The van der Waals surface area contributed by atoms with Crippen LogP contribution < -0.4 is 10.2 Å². The lowest BCUT2D eigenvalue weighted by Crippen LogP contribution is -2.43. The van der Waals surface area contributed by atoms with E-state index in [2.05, 4.69) is 35.7 Å². The number of anilines is 1. The molecule has 2 aromatic rings. The highest BCUT2D eigenvalue weighted by molar-refractivity contribution is 5.76. The Morgan fingerprint density at radius 3 is 2.96 bits per heavy atom. The Bertz CT molecular complexity index is 746. The van der Waals surface area contributed by atoms with Crippen molar-refractivity contribution in [3.05, 3.63) is 24.4 Å². The van der Waals surface area contributed by atoms with Gasteiger partial charge in [-0.3, -0.25) is 4.79 Å². The Kier molecular flexibility index (Phi) is 4.74. The van der Waals surface area contributed by atoms with Crippen molar-refractivity contribution in [3.8, 4) is 0 Å². The van der Waals surface area contributed by atoms with E-state index in [0.29, 0.717) is 25.4 Å². The van der Waals surface area contributed by atoms with Crippen molar-refractivity contribution >= 4 is 11.7 Å². The van der Waals surface area contributed by atoms with Gasteiger partial charge in [0, 0.05) is 43.2 Å². The molecule has 10 heteroatoms. The van der Waals surface area contributed by atoms with Gasteiger partial charge in [-0.2, -0.15) is 0 Å². The molecule has 2 aliphatic rings. The van der Waals surface area contributed by atoms with E-state index in [0.717, 1.165) is 37.3 Å². The number of hydrogen-bond donors (Lipinski definition) is 2. The highest BCUT2D eigenvalue weighted by Crippen LogP contribution is 2.36. The van der Waals surface area contributed by atoms with Crippen LogP contribution in [0, 0.1) is 0 Å². The van der Waals surface area contributed by atoms with Gasteiger partial charge in [0.2, 0.25) is 5.91 Å². The number of carbonyl (C=O) groups excluding carboxylic acids is 1. The highest BCUT2D eigenvalue weighted by Gasteiger charge is 2.33. The maximum absolute atomic E-state index is 12.0. The molecular formula is C16H22N8O2. The fourth-order valence-electron chi connectivity index (χ4n) is 3.48. The maximum atomic E-state index is 12.0. The zero-order valence-corrected chi connectivity index (χ0v) is 14.4. The summed E-state index contributed by atoms with van der Waals surface area (Å²) >= 11 is 0. The van der Waals surface area contributed by atoms with E-state index >= 15 is 0 Å². The Balaban J connectivity index is 1.25. The molecule has 1 atom stereocenters. The number of β-amino-alcohol motifs (C(OH)–C–C–N with tert-alkyl or cyclic N) is 1. The molecule has 0 bridgehead atoms. The first kappa shape index (κ1) is 16.8. The van der Waals surface area contributed by atoms with E-state index < -0.39 is 0 Å².